The number of rotatable bonds is 11. The van der Waals surface area contributed by atoms with Gasteiger partial charge in [0.15, 0.2) is 0 Å². The summed E-state index contributed by atoms with van der Waals surface area (Å²) in [5.41, 5.74) is 10.7. The standard InChI is InChI=1S/C53H49ClN6O3/c1-61-49-16-8-6-14-44(49)40-18-20-41(21-19-40)47-34-60(46-15-7-9-17-50(46)62-2)53-56-30-28-37(33-59(47)53)36-63-51-32-42(54)24-27-45(51)48-35-58(52-55-29-10-11-31-57(48)52)43-25-22-39(23-26-43)38-12-4-3-5-13-38/h3-9,12-27,32,34-35,37H,10-11,28-31,33,36H2,1-2H3. The van der Waals surface area contributed by atoms with Gasteiger partial charge in [-0.3, -0.25) is 19.8 Å². The molecule has 0 fully saturated rings. The highest BCUT2D eigenvalue weighted by Crippen LogP contribution is 2.41. The molecule has 0 aliphatic carbocycles. The number of methoxy groups -OCH3 is 2. The Morgan fingerprint density at radius 1 is 0.571 bits per heavy atom. The third kappa shape index (κ3) is 8.01. The molecular formula is C53H49ClN6O3. The zero-order valence-corrected chi connectivity index (χ0v) is 36.3. The molecule has 0 aromatic heterocycles. The Hall–Kier alpha value is -6.97. The number of para-hydroxylation sites is 3. The second-order valence-corrected chi connectivity index (χ2v) is 16.5. The Kier molecular flexibility index (Phi) is 11.3. The molecule has 0 bridgehead atoms. The van der Waals surface area contributed by atoms with E-state index in [-0.39, 0.29) is 5.92 Å². The van der Waals surface area contributed by atoms with Crippen molar-refractivity contribution in [2.75, 3.05) is 56.8 Å². The van der Waals surface area contributed by atoms with Crippen LogP contribution in [0.4, 0.5) is 11.4 Å². The molecule has 63 heavy (non-hydrogen) atoms. The van der Waals surface area contributed by atoms with Crippen LogP contribution in [0.15, 0.2) is 168 Å². The molecule has 0 amide bonds. The van der Waals surface area contributed by atoms with Gasteiger partial charge in [-0.05, 0) is 90.0 Å². The average Bonchev–Trinajstić information content (AvgIpc) is 3.65. The summed E-state index contributed by atoms with van der Waals surface area (Å²) in [7, 11) is 3.42. The lowest BCUT2D eigenvalue weighted by molar-refractivity contribution is 0.228. The van der Waals surface area contributed by atoms with Gasteiger partial charge in [0.25, 0.3) is 0 Å². The van der Waals surface area contributed by atoms with Crippen LogP contribution in [0, 0.1) is 5.92 Å². The lowest BCUT2D eigenvalue weighted by Gasteiger charge is -2.28. The van der Waals surface area contributed by atoms with Crippen LogP contribution in [0.25, 0.3) is 33.6 Å². The molecule has 0 saturated carbocycles. The van der Waals surface area contributed by atoms with E-state index in [1.165, 1.54) is 11.1 Å². The lowest BCUT2D eigenvalue weighted by Crippen LogP contribution is -2.37. The van der Waals surface area contributed by atoms with Gasteiger partial charge in [0.1, 0.15) is 17.2 Å². The van der Waals surface area contributed by atoms with Gasteiger partial charge in [0, 0.05) is 66.3 Å². The van der Waals surface area contributed by atoms with Gasteiger partial charge in [-0.2, -0.15) is 0 Å². The van der Waals surface area contributed by atoms with Crippen molar-refractivity contribution in [3.8, 4) is 39.5 Å². The van der Waals surface area contributed by atoms with E-state index in [1.807, 2.05) is 54.6 Å². The minimum atomic E-state index is 0.152. The number of guanidine groups is 2. The SMILES string of the molecule is COc1ccccc1-c1ccc(C2=CN(c3ccccc3OC)C3=NCCC(COc4cc(Cl)ccc4C4=CN(c5ccc(-c6ccccc6)cc5)C5=NCCCCN45)CN23)cc1. The fraction of sp³-hybridized carbons (Fsp3) is 0.208. The highest BCUT2D eigenvalue weighted by Gasteiger charge is 2.36. The number of anilines is 2. The maximum Gasteiger partial charge on any atom is 0.210 e. The first kappa shape index (κ1) is 40.1. The molecule has 1 atom stereocenters. The summed E-state index contributed by atoms with van der Waals surface area (Å²) >= 11 is 6.75. The summed E-state index contributed by atoms with van der Waals surface area (Å²) in [6.07, 6.45) is 7.32. The maximum atomic E-state index is 6.91. The summed E-state index contributed by atoms with van der Waals surface area (Å²) in [5.74, 6) is 4.34. The molecule has 0 N–H and O–H groups in total. The topological polar surface area (TPSA) is 65.4 Å². The van der Waals surface area contributed by atoms with Crippen molar-refractivity contribution in [3.05, 3.63) is 174 Å². The Bertz CT molecular complexity index is 2730. The van der Waals surface area contributed by atoms with Crippen molar-refractivity contribution in [3.63, 3.8) is 0 Å². The van der Waals surface area contributed by atoms with Crippen LogP contribution in [0.1, 0.15) is 30.4 Å². The number of ether oxygens (including phenoxy) is 3. The molecule has 4 heterocycles. The molecular weight excluding hydrogens is 804 g/mol. The predicted molar refractivity (Wildman–Crippen MR) is 257 cm³/mol. The average molecular weight is 853 g/mol. The van der Waals surface area contributed by atoms with E-state index in [1.54, 1.807) is 14.2 Å². The van der Waals surface area contributed by atoms with E-state index in [9.17, 15) is 0 Å². The summed E-state index contributed by atoms with van der Waals surface area (Å²) < 4.78 is 18.5. The number of aliphatic imine (C=N–C) groups is 2. The van der Waals surface area contributed by atoms with Crippen LogP contribution >= 0.6 is 11.6 Å². The van der Waals surface area contributed by atoms with E-state index in [2.05, 4.69) is 123 Å². The summed E-state index contributed by atoms with van der Waals surface area (Å²) in [5, 5.41) is 0.630. The van der Waals surface area contributed by atoms with Gasteiger partial charge in [0.2, 0.25) is 11.9 Å². The van der Waals surface area contributed by atoms with Crippen LogP contribution in [-0.4, -0.2) is 68.7 Å². The van der Waals surface area contributed by atoms with Crippen molar-refractivity contribution in [2.45, 2.75) is 19.3 Å². The third-order valence-electron chi connectivity index (χ3n) is 12.2. The van der Waals surface area contributed by atoms with E-state index in [4.69, 9.17) is 35.8 Å². The van der Waals surface area contributed by atoms with Gasteiger partial charge >= 0.3 is 0 Å². The van der Waals surface area contributed by atoms with E-state index >= 15 is 0 Å². The zero-order chi connectivity index (χ0) is 42.7. The second-order valence-electron chi connectivity index (χ2n) is 16.1. The Balaban J connectivity index is 0.935. The van der Waals surface area contributed by atoms with Gasteiger partial charge in [0.05, 0.1) is 37.9 Å². The Morgan fingerprint density at radius 3 is 2.05 bits per heavy atom. The van der Waals surface area contributed by atoms with Crippen LogP contribution in [-0.2, 0) is 0 Å². The van der Waals surface area contributed by atoms with Crippen molar-refractivity contribution in [1.82, 2.24) is 9.80 Å². The van der Waals surface area contributed by atoms with Crippen LogP contribution < -0.4 is 24.0 Å². The van der Waals surface area contributed by atoms with Crippen LogP contribution in [0.2, 0.25) is 5.02 Å². The van der Waals surface area contributed by atoms with Gasteiger partial charge in [-0.1, -0.05) is 109 Å². The Morgan fingerprint density at radius 2 is 1.24 bits per heavy atom. The van der Waals surface area contributed by atoms with Gasteiger partial charge in [-0.25, -0.2) is 0 Å². The fourth-order valence-electron chi connectivity index (χ4n) is 8.92. The smallest absolute Gasteiger partial charge is 0.210 e. The predicted octanol–water partition coefficient (Wildman–Crippen LogP) is 11.5. The first-order chi connectivity index (χ1) is 31.1. The summed E-state index contributed by atoms with van der Waals surface area (Å²) in [6.45, 7) is 3.49. The van der Waals surface area contributed by atoms with Crippen molar-refractivity contribution >= 4 is 46.3 Å². The zero-order valence-electron chi connectivity index (χ0n) is 35.5. The minimum Gasteiger partial charge on any atom is -0.496 e. The summed E-state index contributed by atoms with van der Waals surface area (Å²) in [6, 6.07) is 50.1. The molecule has 6 aromatic rings. The molecule has 316 valence electrons. The second kappa shape index (κ2) is 17.8. The largest absolute Gasteiger partial charge is 0.496 e. The summed E-state index contributed by atoms with van der Waals surface area (Å²) in [4.78, 5) is 19.4. The molecule has 10 rings (SSSR count). The number of nitrogens with zero attached hydrogens (tertiary/aromatic N) is 6. The highest BCUT2D eigenvalue weighted by atomic mass is 35.5. The van der Waals surface area contributed by atoms with E-state index < -0.39 is 0 Å². The molecule has 0 saturated heterocycles. The number of fused-ring (bicyclic) bond motifs is 2. The van der Waals surface area contributed by atoms with Crippen LogP contribution in [0.3, 0.4) is 0 Å². The van der Waals surface area contributed by atoms with E-state index in [0.29, 0.717) is 24.7 Å². The quantitative estimate of drug-likeness (QED) is 0.129. The van der Waals surface area contributed by atoms with Crippen LogP contribution in [0.5, 0.6) is 17.2 Å². The first-order valence-corrected chi connectivity index (χ1v) is 22.1. The van der Waals surface area contributed by atoms with Crippen molar-refractivity contribution in [1.29, 1.82) is 0 Å². The minimum absolute atomic E-state index is 0.152. The maximum absolute atomic E-state index is 6.91. The number of benzene rings is 6. The van der Waals surface area contributed by atoms with Crippen molar-refractivity contribution < 1.29 is 14.2 Å². The number of hydrogen-bond donors (Lipinski definition) is 0. The third-order valence-corrected chi connectivity index (χ3v) is 12.4. The molecule has 4 aliphatic heterocycles. The molecule has 0 spiro atoms. The molecule has 10 heteroatoms. The molecule has 9 nitrogen and oxygen atoms in total. The number of halogens is 1. The number of hydrogen-bond acceptors (Lipinski definition) is 9. The molecule has 4 aliphatic rings. The first-order valence-electron chi connectivity index (χ1n) is 21.7. The Labute approximate surface area is 374 Å². The molecule has 0 radical (unpaired) electrons. The fourth-order valence-corrected chi connectivity index (χ4v) is 9.08. The lowest BCUT2D eigenvalue weighted by atomic mass is 10.0. The molecule has 1 unspecified atom stereocenters. The molecule has 6 aromatic carbocycles. The van der Waals surface area contributed by atoms with E-state index in [0.717, 1.165) is 107 Å². The normalized spacial score (nSPS) is 17.2. The van der Waals surface area contributed by atoms with Gasteiger partial charge in [-0.15, -0.1) is 0 Å². The highest BCUT2D eigenvalue weighted by molar-refractivity contribution is 6.30. The van der Waals surface area contributed by atoms with Crippen molar-refractivity contribution in [2.24, 2.45) is 15.9 Å². The van der Waals surface area contributed by atoms with Gasteiger partial charge < -0.3 is 24.0 Å². The monoisotopic (exact) mass is 852 g/mol.